The second-order valence-corrected chi connectivity index (χ2v) is 6.50. The molecule has 0 aliphatic carbocycles. The maximum absolute atomic E-state index is 12.7. The Bertz CT molecular complexity index is 1090. The van der Waals surface area contributed by atoms with Crippen molar-refractivity contribution in [2.75, 3.05) is 12.4 Å². The lowest BCUT2D eigenvalue weighted by molar-refractivity contribution is -0.123. The first kappa shape index (κ1) is 20.1. The molecule has 1 N–H and O–H groups in total. The average molecular weight is 391 g/mol. The summed E-state index contributed by atoms with van der Waals surface area (Å²) in [7, 11) is 1.56. The molecular formula is C23H21NO5. The third-order valence-corrected chi connectivity index (χ3v) is 4.54. The third kappa shape index (κ3) is 4.27. The molecular weight excluding hydrogens is 370 g/mol. The summed E-state index contributed by atoms with van der Waals surface area (Å²) >= 11 is 0. The number of carbonyl (C=O) groups is 3. The Labute approximate surface area is 168 Å². The lowest BCUT2D eigenvalue weighted by atomic mass is 10.0. The molecule has 1 atom stereocenters. The Morgan fingerprint density at radius 2 is 1.52 bits per heavy atom. The van der Waals surface area contributed by atoms with E-state index in [1.807, 2.05) is 18.2 Å². The zero-order valence-corrected chi connectivity index (χ0v) is 16.4. The summed E-state index contributed by atoms with van der Waals surface area (Å²) in [5, 5.41) is 4.09. The van der Waals surface area contributed by atoms with Crippen LogP contribution in [-0.2, 0) is 9.53 Å². The molecule has 0 heterocycles. The third-order valence-electron chi connectivity index (χ3n) is 4.54. The van der Waals surface area contributed by atoms with Crippen LogP contribution in [0.1, 0.15) is 34.6 Å². The van der Waals surface area contributed by atoms with Gasteiger partial charge in [0.25, 0.3) is 5.91 Å². The van der Waals surface area contributed by atoms with Crippen molar-refractivity contribution in [1.82, 2.24) is 0 Å². The van der Waals surface area contributed by atoms with Gasteiger partial charge in [-0.05, 0) is 43.5 Å². The molecule has 3 rings (SSSR count). The summed E-state index contributed by atoms with van der Waals surface area (Å²) in [5.41, 5.74) is 1.11. The van der Waals surface area contributed by atoms with Crippen molar-refractivity contribution in [3.05, 3.63) is 71.8 Å². The lowest BCUT2D eigenvalue weighted by Crippen LogP contribution is -2.30. The predicted octanol–water partition coefficient (Wildman–Crippen LogP) is 4.24. The van der Waals surface area contributed by atoms with Gasteiger partial charge in [-0.2, -0.15) is 0 Å². The number of benzene rings is 3. The second kappa shape index (κ2) is 8.56. The molecule has 0 aromatic heterocycles. The van der Waals surface area contributed by atoms with Crippen LogP contribution in [0.5, 0.6) is 5.75 Å². The number of carbonyl (C=O) groups excluding carboxylic acids is 3. The van der Waals surface area contributed by atoms with Gasteiger partial charge in [0.15, 0.2) is 11.9 Å². The van der Waals surface area contributed by atoms with E-state index >= 15 is 0 Å². The number of rotatable bonds is 6. The van der Waals surface area contributed by atoms with Crippen molar-refractivity contribution in [3.8, 4) is 5.75 Å². The monoisotopic (exact) mass is 391 g/mol. The predicted molar refractivity (Wildman–Crippen MR) is 110 cm³/mol. The Morgan fingerprint density at radius 3 is 2.21 bits per heavy atom. The van der Waals surface area contributed by atoms with Crippen molar-refractivity contribution < 1.29 is 23.9 Å². The number of nitrogens with one attached hydrogen (secondary N) is 1. The van der Waals surface area contributed by atoms with Crippen LogP contribution >= 0.6 is 0 Å². The van der Waals surface area contributed by atoms with Gasteiger partial charge in [0.05, 0.1) is 18.4 Å². The maximum atomic E-state index is 12.7. The fourth-order valence-corrected chi connectivity index (χ4v) is 3.04. The van der Waals surface area contributed by atoms with Crippen molar-refractivity contribution in [1.29, 1.82) is 0 Å². The van der Waals surface area contributed by atoms with E-state index in [4.69, 9.17) is 9.47 Å². The highest BCUT2D eigenvalue weighted by atomic mass is 16.5. The number of methoxy groups -OCH3 is 1. The molecule has 0 unspecified atom stereocenters. The van der Waals surface area contributed by atoms with Crippen LogP contribution in [-0.4, -0.2) is 30.9 Å². The van der Waals surface area contributed by atoms with Gasteiger partial charge in [-0.15, -0.1) is 0 Å². The molecule has 0 aliphatic rings. The first-order valence-corrected chi connectivity index (χ1v) is 9.10. The number of hydrogen-bond donors (Lipinski definition) is 1. The minimum absolute atomic E-state index is 0.171. The number of esters is 1. The molecule has 0 fully saturated rings. The molecule has 0 saturated heterocycles. The highest BCUT2D eigenvalue weighted by Gasteiger charge is 2.22. The summed E-state index contributed by atoms with van der Waals surface area (Å²) < 4.78 is 10.7. The highest BCUT2D eigenvalue weighted by Crippen LogP contribution is 2.29. The van der Waals surface area contributed by atoms with Gasteiger partial charge in [-0.25, -0.2) is 4.79 Å². The van der Waals surface area contributed by atoms with Crippen LogP contribution < -0.4 is 10.1 Å². The largest absolute Gasteiger partial charge is 0.496 e. The smallest absolute Gasteiger partial charge is 0.339 e. The molecule has 0 spiro atoms. The van der Waals surface area contributed by atoms with Crippen LogP contribution in [0.15, 0.2) is 60.7 Å². The van der Waals surface area contributed by atoms with E-state index in [0.717, 1.165) is 5.39 Å². The van der Waals surface area contributed by atoms with Crippen molar-refractivity contribution in [2.45, 2.75) is 20.0 Å². The summed E-state index contributed by atoms with van der Waals surface area (Å²) in [6, 6.07) is 17.3. The molecule has 0 aliphatic heterocycles. The van der Waals surface area contributed by atoms with Gasteiger partial charge >= 0.3 is 5.97 Å². The van der Waals surface area contributed by atoms with Crippen molar-refractivity contribution >= 4 is 34.1 Å². The fraction of sp³-hybridized carbons (Fsp3) is 0.174. The van der Waals surface area contributed by atoms with Gasteiger partial charge in [-0.1, -0.05) is 36.4 Å². The molecule has 0 bridgehead atoms. The molecule has 0 saturated carbocycles. The summed E-state index contributed by atoms with van der Waals surface area (Å²) in [4.78, 5) is 36.9. The number of amides is 1. The van der Waals surface area contributed by atoms with E-state index < -0.39 is 18.0 Å². The molecule has 3 aromatic rings. The SMILES string of the molecule is COc1ccc(C(=O)O[C@@H](C)C(=O)Nc2ccccc2C(C)=O)c2ccccc12. The molecule has 0 radical (unpaired) electrons. The van der Waals surface area contributed by atoms with E-state index in [2.05, 4.69) is 5.32 Å². The first-order valence-electron chi connectivity index (χ1n) is 9.10. The lowest BCUT2D eigenvalue weighted by Gasteiger charge is -2.16. The average Bonchev–Trinajstić information content (AvgIpc) is 2.72. The minimum Gasteiger partial charge on any atom is -0.496 e. The van der Waals surface area contributed by atoms with E-state index in [0.29, 0.717) is 28.0 Å². The normalized spacial score (nSPS) is 11.6. The van der Waals surface area contributed by atoms with Crippen LogP contribution in [0.2, 0.25) is 0 Å². The van der Waals surface area contributed by atoms with E-state index in [-0.39, 0.29) is 5.78 Å². The van der Waals surface area contributed by atoms with Crippen LogP contribution in [0.25, 0.3) is 10.8 Å². The highest BCUT2D eigenvalue weighted by molar-refractivity contribution is 6.08. The van der Waals surface area contributed by atoms with E-state index in [1.165, 1.54) is 13.8 Å². The number of ether oxygens (including phenoxy) is 2. The van der Waals surface area contributed by atoms with Crippen LogP contribution in [0.3, 0.4) is 0 Å². The standard InChI is InChI=1S/C23H21NO5/c1-14(25)16-8-6-7-11-20(16)24-22(26)15(2)29-23(27)19-12-13-21(28-3)18-10-5-4-9-17(18)19/h4-13,15H,1-3H3,(H,24,26)/t15-/m0/s1. The van der Waals surface area contributed by atoms with Gasteiger partial charge in [0, 0.05) is 10.9 Å². The Hall–Kier alpha value is -3.67. The molecule has 1 amide bonds. The van der Waals surface area contributed by atoms with Crippen molar-refractivity contribution in [3.63, 3.8) is 0 Å². The number of anilines is 1. The fourth-order valence-electron chi connectivity index (χ4n) is 3.04. The van der Waals surface area contributed by atoms with Crippen molar-refractivity contribution in [2.24, 2.45) is 0 Å². The minimum atomic E-state index is -1.05. The molecule has 6 heteroatoms. The maximum Gasteiger partial charge on any atom is 0.339 e. The van der Waals surface area contributed by atoms with Gasteiger partial charge < -0.3 is 14.8 Å². The molecule has 6 nitrogen and oxygen atoms in total. The van der Waals surface area contributed by atoms with Crippen LogP contribution in [0.4, 0.5) is 5.69 Å². The quantitative estimate of drug-likeness (QED) is 0.502. The zero-order valence-electron chi connectivity index (χ0n) is 16.4. The van der Waals surface area contributed by atoms with Gasteiger partial charge in [0.1, 0.15) is 5.75 Å². The molecule has 29 heavy (non-hydrogen) atoms. The Morgan fingerprint density at radius 1 is 0.862 bits per heavy atom. The number of para-hydroxylation sites is 1. The number of Topliss-reactive ketones (excluding diaryl/α,β-unsaturated/α-hetero) is 1. The summed E-state index contributed by atoms with van der Waals surface area (Å²) in [5.74, 6) is -0.671. The first-order chi connectivity index (χ1) is 13.9. The van der Waals surface area contributed by atoms with Gasteiger partial charge in [-0.3, -0.25) is 9.59 Å². The Kier molecular flexibility index (Phi) is 5.93. The Balaban J connectivity index is 1.79. The topological polar surface area (TPSA) is 81.7 Å². The zero-order chi connectivity index (χ0) is 21.0. The van der Waals surface area contributed by atoms with Crippen LogP contribution in [0, 0.1) is 0 Å². The molecule has 3 aromatic carbocycles. The number of hydrogen-bond acceptors (Lipinski definition) is 5. The number of fused-ring (bicyclic) bond motifs is 1. The van der Waals surface area contributed by atoms with Gasteiger partial charge in [0.2, 0.25) is 0 Å². The van der Waals surface area contributed by atoms with E-state index in [9.17, 15) is 14.4 Å². The summed E-state index contributed by atoms with van der Waals surface area (Å²) in [6.07, 6.45) is -1.05. The number of ketones is 1. The van der Waals surface area contributed by atoms with E-state index in [1.54, 1.807) is 49.6 Å². The summed E-state index contributed by atoms with van der Waals surface area (Å²) in [6.45, 7) is 2.90. The second-order valence-electron chi connectivity index (χ2n) is 6.50. The molecule has 148 valence electrons.